The molecule has 62 valence electrons. The highest BCUT2D eigenvalue weighted by atomic mass is 35.5. The minimum atomic E-state index is 0.495. The summed E-state index contributed by atoms with van der Waals surface area (Å²) in [6.07, 6.45) is 1.82. The van der Waals surface area contributed by atoms with Gasteiger partial charge in [0.25, 0.3) is 0 Å². The van der Waals surface area contributed by atoms with Crippen molar-refractivity contribution in [1.29, 1.82) is 0 Å². The summed E-state index contributed by atoms with van der Waals surface area (Å²) >= 11 is 7.52. The Morgan fingerprint density at radius 2 is 2.42 bits per heavy atom. The third-order valence-corrected chi connectivity index (χ3v) is 3.19. The molecule has 0 aliphatic rings. The molecule has 2 aromatic heterocycles. The van der Waals surface area contributed by atoms with Crippen LogP contribution in [-0.2, 0) is 5.88 Å². The van der Waals surface area contributed by atoms with Crippen molar-refractivity contribution in [2.75, 3.05) is 0 Å². The second kappa shape index (κ2) is 3.04. The van der Waals surface area contributed by atoms with E-state index in [1.54, 1.807) is 11.3 Å². The largest absolute Gasteiger partial charge is 0.259 e. The highest BCUT2D eigenvalue weighted by Crippen LogP contribution is 2.27. The maximum absolute atomic E-state index is 5.78. The molecule has 0 fully saturated rings. The Kier molecular flexibility index (Phi) is 2.03. The van der Waals surface area contributed by atoms with Crippen LogP contribution in [0.3, 0.4) is 0 Å². The van der Waals surface area contributed by atoms with E-state index in [2.05, 4.69) is 17.3 Å². The summed E-state index contributed by atoms with van der Waals surface area (Å²) in [7, 11) is 0. The van der Waals surface area contributed by atoms with E-state index < -0.39 is 0 Å². The molecular formula is C9H8ClNS. The van der Waals surface area contributed by atoms with E-state index >= 15 is 0 Å². The lowest BCUT2D eigenvalue weighted by molar-refractivity contribution is 1.20. The van der Waals surface area contributed by atoms with Crippen LogP contribution in [0.4, 0.5) is 0 Å². The zero-order valence-electron chi connectivity index (χ0n) is 6.67. The Morgan fingerprint density at radius 3 is 3.17 bits per heavy atom. The standard InChI is InChI=1S/C9H8ClNS/c1-6-5-12-8-2-3-11-7(4-10)9(6)8/h2-3,5H,4H2,1H3. The Hall–Kier alpha value is -0.600. The summed E-state index contributed by atoms with van der Waals surface area (Å²) in [6, 6.07) is 2.03. The molecule has 2 rings (SSSR count). The van der Waals surface area contributed by atoms with Crippen LogP contribution < -0.4 is 0 Å². The first kappa shape index (κ1) is 8.02. The van der Waals surface area contributed by atoms with Crippen molar-refractivity contribution in [3.8, 4) is 0 Å². The van der Waals surface area contributed by atoms with Crippen LogP contribution in [0.25, 0.3) is 10.1 Å². The molecule has 0 unspecified atom stereocenters. The molecule has 0 radical (unpaired) electrons. The lowest BCUT2D eigenvalue weighted by Gasteiger charge is -1.97. The van der Waals surface area contributed by atoms with Crippen LogP contribution in [0, 0.1) is 6.92 Å². The molecule has 0 atom stereocenters. The predicted octanol–water partition coefficient (Wildman–Crippen LogP) is 3.34. The van der Waals surface area contributed by atoms with Crippen LogP contribution in [-0.4, -0.2) is 4.98 Å². The van der Waals surface area contributed by atoms with Crippen LogP contribution in [0.15, 0.2) is 17.6 Å². The molecule has 0 N–H and O–H groups in total. The first-order valence-corrected chi connectivity index (χ1v) is 5.12. The first-order valence-electron chi connectivity index (χ1n) is 3.70. The number of halogens is 1. The number of alkyl halides is 1. The van der Waals surface area contributed by atoms with Crippen molar-refractivity contribution in [3.05, 3.63) is 28.9 Å². The van der Waals surface area contributed by atoms with Gasteiger partial charge in [0.15, 0.2) is 0 Å². The summed E-state index contributed by atoms with van der Waals surface area (Å²) in [4.78, 5) is 4.23. The molecule has 12 heavy (non-hydrogen) atoms. The zero-order valence-corrected chi connectivity index (χ0v) is 8.25. The molecule has 2 aromatic rings. The number of aromatic nitrogens is 1. The van der Waals surface area contributed by atoms with Gasteiger partial charge in [0, 0.05) is 16.3 Å². The van der Waals surface area contributed by atoms with Gasteiger partial charge in [0.1, 0.15) is 0 Å². The summed E-state index contributed by atoms with van der Waals surface area (Å²) in [5, 5.41) is 3.38. The molecule has 2 heterocycles. The number of fused-ring (bicyclic) bond motifs is 1. The fraction of sp³-hybridized carbons (Fsp3) is 0.222. The molecule has 0 bridgehead atoms. The Bertz CT molecular complexity index is 408. The van der Waals surface area contributed by atoms with Gasteiger partial charge in [-0.15, -0.1) is 22.9 Å². The van der Waals surface area contributed by atoms with Gasteiger partial charge in [-0.2, -0.15) is 0 Å². The molecule has 0 spiro atoms. The Morgan fingerprint density at radius 1 is 1.58 bits per heavy atom. The zero-order chi connectivity index (χ0) is 8.55. The summed E-state index contributed by atoms with van der Waals surface area (Å²) in [6.45, 7) is 2.09. The summed E-state index contributed by atoms with van der Waals surface area (Å²) in [5.74, 6) is 0.495. The van der Waals surface area contributed by atoms with Crippen molar-refractivity contribution in [3.63, 3.8) is 0 Å². The summed E-state index contributed by atoms with van der Waals surface area (Å²) < 4.78 is 1.28. The van der Waals surface area contributed by atoms with Crippen molar-refractivity contribution in [2.45, 2.75) is 12.8 Å². The van der Waals surface area contributed by atoms with Gasteiger partial charge in [-0.05, 0) is 23.9 Å². The van der Waals surface area contributed by atoms with E-state index in [1.165, 1.54) is 15.6 Å². The number of rotatable bonds is 1. The minimum Gasteiger partial charge on any atom is -0.259 e. The van der Waals surface area contributed by atoms with Crippen LogP contribution in [0.5, 0.6) is 0 Å². The molecule has 0 aliphatic heterocycles. The number of thiophene rings is 1. The van der Waals surface area contributed by atoms with E-state index in [4.69, 9.17) is 11.6 Å². The van der Waals surface area contributed by atoms with Crippen molar-refractivity contribution in [2.24, 2.45) is 0 Å². The average Bonchev–Trinajstić information content (AvgIpc) is 2.48. The molecule has 1 nitrogen and oxygen atoms in total. The van der Waals surface area contributed by atoms with E-state index in [9.17, 15) is 0 Å². The predicted molar refractivity (Wildman–Crippen MR) is 53.9 cm³/mol. The Balaban J connectivity index is 2.84. The monoisotopic (exact) mass is 197 g/mol. The normalized spacial score (nSPS) is 10.8. The highest BCUT2D eigenvalue weighted by molar-refractivity contribution is 7.17. The lowest BCUT2D eigenvalue weighted by atomic mass is 10.2. The number of aryl methyl sites for hydroxylation is 1. The maximum Gasteiger partial charge on any atom is 0.0654 e. The topological polar surface area (TPSA) is 12.9 Å². The molecule has 0 saturated heterocycles. The quantitative estimate of drug-likeness (QED) is 0.639. The van der Waals surface area contributed by atoms with E-state index in [0.29, 0.717) is 5.88 Å². The van der Waals surface area contributed by atoms with Crippen LogP contribution >= 0.6 is 22.9 Å². The number of pyridine rings is 1. The van der Waals surface area contributed by atoms with Gasteiger partial charge in [-0.3, -0.25) is 4.98 Å². The van der Waals surface area contributed by atoms with Gasteiger partial charge >= 0.3 is 0 Å². The number of hydrogen-bond acceptors (Lipinski definition) is 2. The molecule has 0 aliphatic carbocycles. The van der Waals surface area contributed by atoms with Crippen molar-refractivity contribution in [1.82, 2.24) is 4.98 Å². The maximum atomic E-state index is 5.78. The summed E-state index contributed by atoms with van der Waals surface area (Å²) in [5.41, 5.74) is 2.27. The second-order valence-electron chi connectivity index (χ2n) is 2.68. The van der Waals surface area contributed by atoms with E-state index in [0.717, 1.165) is 5.69 Å². The van der Waals surface area contributed by atoms with Gasteiger partial charge in [0.05, 0.1) is 11.6 Å². The fourth-order valence-corrected chi connectivity index (χ4v) is 2.48. The fourth-order valence-electron chi connectivity index (χ4n) is 1.32. The second-order valence-corrected chi connectivity index (χ2v) is 3.86. The lowest BCUT2D eigenvalue weighted by Crippen LogP contribution is -1.85. The first-order chi connectivity index (χ1) is 5.83. The highest BCUT2D eigenvalue weighted by Gasteiger charge is 2.05. The average molecular weight is 198 g/mol. The van der Waals surface area contributed by atoms with Gasteiger partial charge in [-0.25, -0.2) is 0 Å². The van der Waals surface area contributed by atoms with Gasteiger partial charge in [0.2, 0.25) is 0 Å². The molecule has 0 saturated carbocycles. The molecule has 0 aromatic carbocycles. The number of hydrogen-bond donors (Lipinski definition) is 0. The molecular weight excluding hydrogens is 190 g/mol. The third-order valence-electron chi connectivity index (χ3n) is 1.87. The van der Waals surface area contributed by atoms with E-state index in [1.807, 2.05) is 12.3 Å². The molecule has 3 heteroatoms. The van der Waals surface area contributed by atoms with Crippen LogP contribution in [0.1, 0.15) is 11.3 Å². The van der Waals surface area contributed by atoms with Crippen molar-refractivity contribution < 1.29 is 0 Å². The number of nitrogens with zero attached hydrogens (tertiary/aromatic N) is 1. The van der Waals surface area contributed by atoms with Gasteiger partial charge < -0.3 is 0 Å². The minimum absolute atomic E-state index is 0.495. The SMILES string of the molecule is Cc1csc2ccnc(CCl)c12. The third kappa shape index (κ3) is 1.11. The van der Waals surface area contributed by atoms with Gasteiger partial charge in [-0.1, -0.05) is 0 Å². The van der Waals surface area contributed by atoms with Crippen molar-refractivity contribution >= 4 is 33.0 Å². The van der Waals surface area contributed by atoms with Crippen LogP contribution in [0.2, 0.25) is 0 Å². The molecule has 0 amide bonds. The Labute approximate surface area is 80.0 Å². The smallest absolute Gasteiger partial charge is 0.0654 e. The van der Waals surface area contributed by atoms with E-state index in [-0.39, 0.29) is 0 Å².